The Hall–Kier alpha value is -2.83. The molecular formula is C25H26N2O3S. The minimum absolute atomic E-state index is 0. The SMILES string of the molecule is O=C(NO)c1ccc2c(c1)CC[C@@]1(CCN(Cc3ccc4ccccc4c3)C1=O)C2.S. The number of aryl methyl sites for hydroxylation is 1. The summed E-state index contributed by atoms with van der Waals surface area (Å²) >= 11 is 0. The quantitative estimate of drug-likeness (QED) is 0.484. The van der Waals surface area contributed by atoms with Crippen molar-refractivity contribution in [2.24, 2.45) is 5.41 Å². The molecule has 5 rings (SSSR count). The van der Waals surface area contributed by atoms with E-state index in [-0.39, 0.29) is 24.8 Å². The van der Waals surface area contributed by atoms with Crippen LogP contribution < -0.4 is 5.48 Å². The van der Waals surface area contributed by atoms with Gasteiger partial charge in [-0.05, 0) is 71.3 Å². The lowest BCUT2D eigenvalue weighted by molar-refractivity contribution is -0.137. The van der Waals surface area contributed by atoms with E-state index in [4.69, 9.17) is 5.21 Å². The van der Waals surface area contributed by atoms with Crippen molar-refractivity contribution in [2.45, 2.75) is 32.2 Å². The van der Waals surface area contributed by atoms with Crippen molar-refractivity contribution in [1.29, 1.82) is 0 Å². The third-order valence-corrected chi connectivity index (χ3v) is 6.76. The number of carbonyl (C=O) groups is 2. The molecule has 31 heavy (non-hydrogen) atoms. The van der Waals surface area contributed by atoms with E-state index >= 15 is 0 Å². The smallest absolute Gasteiger partial charge is 0.274 e. The van der Waals surface area contributed by atoms with E-state index in [1.165, 1.54) is 10.8 Å². The van der Waals surface area contributed by atoms with Crippen LogP contribution in [0.3, 0.4) is 0 Å². The summed E-state index contributed by atoms with van der Waals surface area (Å²) in [6.45, 7) is 1.43. The molecule has 1 atom stereocenters. The van der Waals surface area contributed by atoms with Crippen LogP contribution in [0.4, 0.5) is 0 Å². The average molecular weight is 435 g/mol. The maximum absolute atomic E-state index is 13.4. The summed E-state index contributed by atoms with van der Waals surface area (Å²) in [7, 11) is 0. The van der Waals surface area contributed by atoms with Crippen LogP contribution in [-0.2, 0) is 24.2 Å². The Bertz CT molecular complexity index is 1160. The zero-order valence-electron chi connectivity index (χ0n) is 17.2. The summed E-state index contributed by atoms with van der Waals surface area (Å²) in [6.07, 6.45) is 3.17. The summed E-state index contributed by atoms with van der Waals surface area (Å²) in [5.74, 6) is -0.255. The number of hydrogen-bond donors (Lipinski definition) is 2. The molecule has 0 radical (unpaired) electrons. The van der Waals surface area contributed by atoms with E-state index in [1.54, 1.807) is 11.5 Å². The molecular weight excluding hydrogens is 408 g/mol. The summed E-state index contributed by atoms with van der Waals surface area (Å²) in [6, 6.07) is 20.2. The van der Waals surface area contributed by atoms with Gasteiger partial charge in [0.15, 0.2) is 0 Å². The molecule has 0 unspecified atom stereocenters. The molecule has 2 aliphatic rings. The third kappa shape index (κ3) is 3.82. The highest BCUT2D eigenvalue weighted by atomic mass is 32.1. The number of hydrogen-bond acceptors (Lipinski definition) is 3. The van der Waals surface area contributed by atoms with Crippen LogP contribution >= 0.6 is 13.5 Å². The molecule has 2 amide bonds. The molecule has 3 aromatic rings. The highest BCUT2D eigenvalue weighted by Gasteiger charge is 2.47. The second-order valence-electron chi connectivity index (χ2n) is 8.54. The van der Waals surface area contributed by atoms with Crippen molar-refractivity contribution < 1.29 is 14.8 Å². The fraction of sp³-hybridized carbons (Fsp3) is 0.280. The van der Waals surface area contributed by atoms with Gasteiger partial charge >= 0.3 is 0 Å². The summed E-state index contributed by atoms with van der Waals surface area (Å²) < 4.78 is 0. The Morgan fingerprint density at radius 1 is 1.00 bits per heavy atom. The van der Waals surface area contributed by atoms with Gasteiger partial charge < -0.3 is 4.90 Å². The summed E-state index contributed by atoms with van der Waals surface area (Å²) in [4.78, 5) is 27.1. The van der Waals surface area contributed by atoms with E-state index in [1.807, 2.05) is 29.2 Å². The summed E-state index contributed by atoms with van der Waals surface area (Å²) in [5, 5.41) is 11.3. The van der Waals surface area contributed by atoms with E-state index in [0.717, 1.165) is 48.9 Å². The Balaban J connectivity index is 0.00000231. The van der Waals surface area contributed by atoms with Crippen molar-refractivity contribution in [3.8, 4) is 0 Å². The van der Waals surface area contributed by atoms with Crippen LogP contribution in [0.5, 0.6) is 0 Å². The highest BCUT2D eigenvalue weighted by molar-refractivity contribution is 7.59. The average Bonchev–Trinajstić information content (AvgIpc) is 3.07. The lowest BCUT2D eigenvalue weighted by Crippen LogP contribution is -2.38. The normalized spacial score (nSPS) is 19.9. The highest BCUT2D eigenvalue weighted by Crippen LogP contribution is 2.44. The van der Waals surface area contributed by atoms with Gasteiger partial charge in [0.25, 0.3) is 5.91 Å². The molecule has 0 bridgehead atoms. The van der Waals surface area contributed by atoms with Crippen LogP contribution in [0.25, 0.3) is 10.8 Å². The number of nitrogens with one attached hydrogen (secondary N) is 1. The second kappa shape index (κ2) is 8.36. The molecule has 160 valence electrons. The van der Waals surface area contributed by atoms with E-state index in [2.05, 4.69) is 30.3 Å². The van der Waals surface area contributed by atoms with Crippen LogP contribution in [-0.4, -0.2) is 28.5 Å². The molecule has 1 spiro atoms. The first kappa shape index (κ1) is 21.4. The van der Waals surface area contributed by atoms with E-state index < -0.39 is 5.91 Å². The van der Waals surface area contributed by atoms with Crippen LogP contribution in [0.15, 0.2) is 60.7 Å². The van der Waals surface area contributed by atoms with E-state index in [0.29, 0.717) is 12.1 Å². The van der Waals surface area contributed by atoms with Gasteiger partial charge in [0, 0.05) is 18.7 Å². The minimum Gasteiger partial charge on any atom is -0.338 e. The predicted octanol–water partition coefficient (Wildman–Crippen LogP) is 3.98. The van der Waals surface area contributed by atoms with Crippen molar-refractivity contribution in [2.75, 3.05) is 6.54 Å². The zero-order chi connectivity index (χ0) is 20.7. The maximum atomic E-state index is 13.4. The molecule has 0 saturated carbocycles. The first-order valence-corrected chi connectivity index (χ1v) is 10.4. The molecule has 1 aliphatic heterocycles. The number of nitrogens with zero attached hydrogens (tertiary/aromatic N) is 1. The summed E-state index contributed by atoms with van der Waals surface area (Å²) in [5.41, 5.74) is 5.20. The first-order valence-electron chi connectivity index (χ1n) is 10.4. The Labute approximate surface area is 188 Å². The van der Waals surface area contributed by atoms with Crippen LogP contribution in [0, 0.1) is 5.41 Å². The lowest BCUT2D eigenvalue weighted by Gasteiger charge is -2.33. The first-order chi connectivity index (χ1) is 14.6. The fourth-order valence-corrected chi connectivity index (χ4v) is 5.06. The molecule has 1 aliphatic carbocycles. The Morgan fingerprint density at radius 2 is 1.81 bits per heavy atom. The standard InChI is InChI=1S/C25H24N2O3.H2S/c28-23(26-30)21-7-8-22-15-25(10-9-20(22)14-21)11-12-27(24(25)29)16-17-5-6-18-3-1-2-4-19(18)13-17;/h1-8,13-14,30H,9-12,15-16H2,(H,26,28);1H2/t25-;/m1./s1. The predicted molar refractivity (Wildman–Crippen MR) is 125 cm³/mol. The fourth-order valence-electron chi connectivity index (χ4n) is 5.06. The maximum Gasteiger partial charge on any atom is 0.274 e. The van der Waals surface area contributed by atoms with Crippen LogP contribution in [0.2, 0.25) is 0 Å². The molecule has 0 aromatic heterocycles. The van der Waals surface area contributed by atoms with Crippen LogP contribution in [0.1, 0.15) is 39.9 Å². The number of fused-ring (bicyclic) bond motifs is 2. The van der Waals surface area contributed by atoms with Gasteiger partial charge in [-0.2, -0.15) is 13.5 Å². The number of amides is 2. The van der Waals surface area contributed by atoms with Gasteiger partial charge in [0.2, 0.25) is 5.91 Å². The van der Waals surface area contributed by atoms with E-state index in [9.17, 15) is 9.59 Å². The van der Waals surface area contributed by atoms with Gasteiger partial charge in [0.05, 0.1) is 5.41 Å². The molecule has 5 nitrogen and oxygen atoms in total. The second-order valence-corrected chi connectivity index (χ2v) is 8.54. The van der Waals surface area contributed by atoms with Crippen molar-refractivity contribution in [3.63, 3.8) is 0 Å². The minimum atomic E-state index is -0.503. The molecule has 1 fully saturated rings. The molecule has 1 saturated heterocycles. The number of benzene rings is 3. The van der Waals surface area contributed by atoms with Crippen molar-refractivity contribution >= 4 is 36.1 Å². The van der Waals surface area contributed by atoms with Gasteiger partial charge in [-0.15, -0.1) is 0 Å². The van der Waals surface area contributed by atoms with Gasteiger partial charge in [-0.1, -0.05) is 42.5 Å². The molecule has 6 heteroatoms. The molecule has 3 aromatic carbocycles. The number of rotatable bonds is 3. The van der Waals surface area contributed by atoms with Crippen molar-refractivity contribution in [1.82, 2.24) is 10.4 Å². The van der Waals surface area contributed by atoms with Gasteiger partial charge in [0.1, 0.15) is 0 Å². The number of likely N-dealkylation sites (tertiary alicyclic amines) is 1. The number of carbonyl (C=O) groups excluding carboxylic acids is 2. The van der Waals surface area contributed by atoms with Crippen molar-refractivity contribution in [3.05, 3.63) is 82.9 Å². The largest absolute Gasteiger partial charge is 0.338 e. The molecule has 1 heterocycles. The molecule has 2 N–H and O–H groups in total. The zero-order valence-corrected chi connectivity index (χ0v) is 18.2. The number of hydroxylamine groups is 1. The van der Waals surface area contributed by atoms with Gasteiger partial charge in [-0.25, -0.2) is 5.48 Å². The lowest BCUT2D eigenvalue weighted by atomic mass is 9.70. The Morgan fingerprint density at radius 3 is 2.61 bits per heavy atom. The Kier molecular flexibility index (Phi) is 5.77. The monoisotopic (exact) mass is 434 g/mol. The third-order valence-electron chi connectivity index (χ3n) is 6.76. The topological polar surface area (TPSA) is 69.6 Å². The van der Waals surface area contributed by atoms with Gasteiger partial charge in [-0.3, -0.25) is 14.8 Å².